The minimum Gasteiger partial charge on any atom is -0.395 e. The van der Waals surface area contributed by atoms with Gasteiger partial charge in [0.2, 0.25) is 5.91 Å². The van der Waals surface area contributed by atoms with Crippen molar-refractivity contribution in [3.8, 4) is 0 Å². The van der Waals surface area contributed by atoms with Crippen molar-refractivity contribution in [2.75, 3.05) is 13.2 Å². The maximum Gasteiger partial charge on any atom is 0.221 e. The first-order valence-electron chi connectivity index (χ1n) is 6.57. The Kier molecular flexibility index (Phi) is 4.22. The maximum absolute atomic E-state index is 11.6. The minimum atomic E-state index is -0.0242. The third kappa shape index (κ3) is 2.79. The number of amides is 1. The molecule has 0 fully saturated rings. The van der Waals surface area contributed by atoms with Crippen LogP contribution in [0.2, 0.25) is 0 Å². The van der Waals surface area contributed by atoms with Gasteiger partial charge in [-0.05, 0) is 25.5 Å². The number of aliphatic hydroxyl groups excluding tert-OH is 1. The Labute approximate surface area is 113 Å². The number of hydrogen-bond donors (Lipinski definition) is 2. The number of aromatic nitrogens is 1. The van der Waals surface area contributed by atoms with E-state index in [1.165, 1.54) is 22.2 Å². The Morgan fingerprint density at radius 1 is 1.32 bits per heavy atom. The summed E-state index contributed by atoms with van der Waals surface area (Å²) in [5.74, 6) is -0.0242. The normalized spacial score (nSPS) is 10.9. The second kappa shape index (κ2) is 5.89. The van der Waals surface area contributed by atoms with E-state index in [9.17, 15) is 4.79 Å². The van der Waals surface area contributed by atoms with E-state index in [2.05, 4.69) is 35.9 Å². The lowest BCUT2D eigenvalue weighted by Gasteiger charge is -2.08. The molecule has 0 radical (unpaired) electrons. The van der Waals surface area contributed by atoms with Gasteiger partial charge < -0.3 is 15.0 Å². The van der Waals surface area contributed by atoms with Crippen molar-refractivity contribution in [1.82, 2.24) is 9.88 Å². The molecule has 1 amide bonds. The molecule has 0 spiro atoms. The number of rotatable bonds is 5. The zero-order valence-electron chi connectivity index (χ0n) is 11.4. The molecule has 0 unspecified atom stereocenters. The second-order valence-electron chi connectivity index (χ2n) is 4.70. The van der Waals surface area contributed by atoms with E-state index < -0.39 is 0 Å². The van der Waals surface area contributed by atoms with E-state index in [4.69, 9.17) is 5.11 Å². The lowest BCUT2D eigenvalue weighted by atomic mass is 10.2. The maximum atomic E-state index is 11.6. The van der Waals surface area contributed by atoms with E-state index >= 15 is 0 Å². The zero-order valence-corrected chi connectivity index (χ0v) is 11.4. The molecule has 0 bridgehead atoms. The number of para-hydroxylation sites is 1. The summed E-state index contributed by atoms with van der Waals surface area (Å²) in [4.78, 5) is 11.6. The Balaban J connectivity index is 2.17. The van der Waals surface area contributed by atoms with Gasteiger partial charge in [-0.3, -0.25) is 4.79 Å². The summed E-state index contributed by atoms with van der Waals surface area (Å²) in [5.41, 5.74) is 3.65. The Bertz CT molecular complexity index is 587. The van der Waals surface area contributed by atoms with E-state index in [-0.39, 0.29) is 12.5 Å². The SMILES string of the molecule is Cc1c(C)n(CCC(=O)NCCO)c2ccccc12. The van der Waals surface area contributed by atoms with Gasteiger partial charge in [0.1, 0.15) is 0 Å². The van der Waals surface area contributed by atoms with Crippen LogP contribution in [0.5, 0.6) is 0 Å². The number of aliphatic hydroxyl groups is 1. The quantitative estimate of drug-likeness (QED) is 0.860. The lowest BCUT2D eigenvalue weighted by molar-refractivity contribution is -0.121. The molecule has 19 heavy (non-hydrogen) atoms. The van der Waals surface area contributed by atoms with Crippen LogP contribution in [0, 0.1) is 13.8 Å². The van der Waals surface area contributed by atoms with Gasteiger partial charge in [-0.2, -0.15) is 0 Å². The number of aryl methyl sites for hydroxylation is 2. The first kappa shape index (κ1) is 13.6. The van der Waals surface area contributed by atoms with Crippen molar-refractivity contribution in [2.45, 2.75) is 26.8 Å². The largest absolute Gasteiger partial charge is 0.395 e. The third-order valence-corrected chi connectivity index (χ3v) is 3.54. The van der Waals surface area contributed by atoms with Crippen LogP contribution in [0.25, 0.3) is 10.9 Å². The smallest absolute Gasteiger partial charge is 0.221 e. The summed E-state index contributed by atoms with van der Waals surface area (Å²) in [6, 6.07) is 8.25. The molecule has 2 rings (SSSR count). The Hall–Kier alpha value is -1.81. The molecule has 0 aliphatic heterocycles. The number of fused-ring (bicyclic) bond motifs is 1. The second-order valence-corrected chi connectivity index (χ2v) is 4.70. The molecule has 0 saturated heterocycles. The summed E-state index contributed by atoms with van der Waals surface area (Å²) >= 11 is 0. The fourth-order valence-corrected chi connectivity index (χ4v) is 2.39. The molecule has 1 aromatic carbocycles. The summed E-state index contributed by atoms with van der Waals surface area (Å²) in [6.45, 7) is 5.16. The summed E-state index contributed by atoms with van der Waals surface area (Å²) in [7, 11) is 0. The van der Waals surface area contributed by atoms with Crippen LogP contribution in [-0.4, -0.2) is 28.7 Å². The molecule has 1 aromatic heterocycles. The number of carbonyl (C=O) groups is 1. The van der Waals surface area contributed by atoms with Gasteiger partial charge in [0.15, 0.2) is 0 Å². The van der Waals surface area contributed by atoms with Crippen molar-refractivity contribution in [3.05, 3.63) is 35.5 Å². The van der Waals surface area contributed by atoms with Gasteiger partial charge >= 0.3 is 0 Å². The van der Waals surface area contributed by atoms with Crippen LogP contribution < -0.4 is 5.32 Å². The van der Waals surface area contributed by atoms with Gasteiger partial charge in [0, 0.05) is 36.1 Å². The molecule has 2 aromatic rings. The third-order valence-electron chi connectivity index (χ3n) is 3.54. The number of carbonyl (C=O) groups excluding carboxylic acids is 1. The average molecular weight is 260 g/mol. The van der Waals surface area contributed by atoms with E-state index in [0.717, 1.165) is 0 Å². The molecule has 0 atom stereocenters. The van der Waals surface area contributed by atoms with Crippen LogP contribution in [0.3, 0.4) is 0 Å². The van der Waals surface area contributed by atoms with Crippen LogP contribution in [0.4, 0.5) is 0 Å². The summed E-state index contributed by atoms with van der Waals surface area (Å²) in [6.07, 6.45) is 0.430. The molecular weight excluding hydrogens is 240 g/mol. The first-order chi connectivity index (χ1) is 9.15. The highest BCUT2D eigenvalue weighted by atomic mass is 16.3. The fraction of sp³-hybridized carbons (Fsp3) is 0.400. The van der Waals surface area contributed by atoms with E-state index in [0.29, 0.717) is 19.5 Å². The standard InChI is InChI=1S/C15H20N2O2/c1-11-12(2)17(9-7-15(19)16-8-10-18)14-6-4-3-5-13(11)14/h3-6,18H,7-10H2,1-2H3,(H,16,19). The van der Waals surface area contributed by atoms with Crippen LogP contribution in [-0.2, 0) is 11.3 Å². The molecule has 4 heteroatoms. The minimum absolute atomic E-state index is 0.0175. The molecule has 0 aliphatic carbocycles. The fourth-order valence-electron chi connectivity index (χ4n) is 2.39. The highest BCUT2D eigenvalue weighted by molar-refractivity contribution is 5.85. The number of nitrogens with zero attached hydrogens (tertiary/aromatic N) is 1. The van der Waals surface area contributed by atoms with Crippen LogP contribution >= 0.6 is 0 Å². The van der Waals surface area contributed by atoms with Crippen molar-refractivity contribution in [2.24, 2.45) is 0 Å². The highest BCUT2D eigenvalue weighted by Gasteiger charge is 2.11. The molecule has 0 aliphatic rings. The Morgan fingerprint density at radius 2 is 2.05 bits per heavy atom. The van der Waals surface area contributed by atoms with Gasteiger partial charge in [-0.1, -0.05) is 18.2 Å². The topological polar surface area (TPSA) is 54.3 Å². The predicted octanol–water partition coefficient (Wildman–Crippen LogP) is 1.76. The molecule has 2 N–H and O–H groups in total. The van der Waals surface area contributed by atoms with Gasteiger partial charge in [0.25, 0.3) is 0 Å². The summed E-state index contributed by atoms with van der Waals surface area (Å²) in [5, 5.41) is 12.6. The Morgan fingerprint density at radius 3 is 2.79 bits per heavy atom. The summed E-state index contributed by atoms with van der Waals surface area (Å²) < 4.78 is 2.18. The number of benzene rings is 1. The van der Waals surface area contributed by atoms with Crippen LogP contribution in [0.1, 0.15) is 17.7 Å². The van der Waals surface area contributed by atoms with E-state index in [1.807, 2.05) is 12.1 Å². The lowest BCUT2D eigenvalue weighted by Crippen LogP contribution is -2.27. The predicted molar refractivity (Wildman–Crippen MR) is 76.1 cm³/mol. The number of nitrogens with one attached hydrogen (secondary N) is 1. The molecular formula is C15H20N2O2. The monoisotopic (exact) mass is 260 g/mol. The van der Waals surface area contributed by atoms with Crippen molar-refractivity contribution >= 4 is 16.8 Å². The van der Waals surface area contributed by atoms with Gasteiger partial charge in [0.05, 0.1) is 6.61 Å². The molecule has 4 nitrogen and oxygen atoms in total. The first-order valence-corrected chi connectivity index (χ1v) is 6.57. The van der Waals surface area contributed by atoms with Crippen molar-refractivity contribution in [3.63, 3.8) is 0 Å². The van der Waals surface area contributed by atoms with Crippen molar-refractivity contribution in [1.29, 1.82) is 0 Å². The van der Waals surface area contributed by atoms with E-state index in [1.54, 1.807) is 0 Å². The van der Waals surface area contributed by atoms with Crippen molar-refractivity contribution < 1.29 is 9.90 Å². The zero-order chi connectivity index (χ0) is 13.8. The molecule has 102 valence electrons. The average Bonchev–Trinajstić information content (AvgIpc) is 2.67. The highest BCUT2D eigenvalue weighted by Crippen LogP contribution is 2.24. The van der Waals surface area contributed by atoms with Gasteiger partial charge in [-0.25, -0.2) is 0 Å². The van der Waals surface area contributed by atoms with Crippen LogP contribution in [0.15, 0.2) is 24.3 Å². The molecule has 1 heterocycles. The molecule has 0 saturated carbocycles. The van der Waals surface area contributed by atoms with Gasteiger partial charge in [-0.15, -0.1) is 0 Å². The number of hydrogen-bond acceptors (Lipinski definition) is 2.